The van der Waals surface area contributed by atoms with Crippen molar-refractivity contribution in [2.45, 2.75) is 33.0 Å². The maximum Gasteiger partial charge on any atom is 0.320 e. The average molecular weight is 378 g/mol. The fourth-order valence-electron chi connectivity index (χ4n) is 2.02. The van der Waals surface area contributed by atoms with Gasteiger partial charge in [-0.15, -0.1) is 0 Å². The van der Waals surface area contributed by atoms with Gasteiger partial charge >= 0.3 is 5.97 Å². The first-order valence-electron chi connectivity index (χ1n) is 7.38. The number of carbonyl (C=O) groups is 1. The lowest BCUT2D eigenvalue weighted by Crippen LogP contribution is -2.33. The van der Waals surface area contributed by atoms with Gasteiger partial charge < -0.3 is 15.2 Å². The van der Waals surface area contributed by atoms with Crippen LogP contribution in [0.2, 0.25) is 0 Å². The minimum atomic E-state index is -0.873. The molecule has 0 saturated heterocycles. The highest BCUT2D eigenvalue weighted by molar-refractivity contribution is 9.10. The van der Waals surface area contributed by atoms with Gasteiger partial charge in [-0.3, -0.25) is 4.79 Å². The van der Waals surface area contributed by atoms with E-state index in [2.05, 4.69) is 33.4 Å². The van der Waals surface area contributed by atoms with Crippen molar-refractivity contribution >= 4 is 21.9 Å². The molecule has 0 amide bonds. The summed E-state index contributed by atoms with van der Waals surface area (Å²) in [7, 11) is 0. The van der Waals surface area contributed by atoms with E-state index in [0.29, 0.717) is 13.2 Å². The summed E-state index contributed by atoms with van der Waals surface area (Å²) in [4.78, 5) is 10.9. The Kier molecular flexibility index (Phi) is 6.19. The van der Waals surface area contributed by atoms with Crippen molar-refractivity contribution in [1.82, 2.24) is 5.32 Å². The Morgan fingerprint density at radius 1 is 1.26 bits per heavy atom. The normalized spacial score (nSPS) is 12.0. The number of carboxylic acid groups (broad SMARTS) is 1. The van der Waals surface area contributed by atoms with E-state index in [9.17, 15) is 4.79 Å². The van der Waals surface area contributed by atoms with Gasteiger partial charge in [0.15, 0.2) is 0 Å². The monoisotopic (exact) mass is 377 g/mol. The number of hydrogen-bond donors (Lipinski definition) is 2. The molecule has 1 unspecified atom stereocenters. The molecule has 0 spiro atoms. The maximum absolute atomic E-state index is 10.9. The van der Waals surface area contributed by atoms with Gasteiger partial charge in [0.1, 0.15) is 18.4 Å². The highest BCUT2D eigenvalue weighted by Crippen LogP contribution is 2.24. The van der Waals surface area contributed by atoms with Gasteiger partial charge in [0.2, 0.25) is 0 Å². The average Bonchev–Trinajstić information content (AvgIpc) is 2.53. The molecule has 0 fully saturated rings. The Hall–Kier alpha value is -1.85. The van der Waals surface area contributed by atoms with E-state index in [1.807, 2.05) is 37.3 Å². The van der Waals surface area contributed by atoms with Crippen LogP contribution in [0.1, 0.15) is 23.6 Å². The van der Waals surface area contributed by atoms with Crippen molar-refractivity contribution in [3.63, 3.8) is 0 Å². The third-order valence-electron chi connectivity index (χ3n) is 3.51. The first-order valence-corrected chi connectivity index (χ1v) is 8.18. The molecule has 0 aromatic heterocycles. The highest BCUT2D eigenvalue weighted by Gasteiger charge is 2.12. The Balaban J connectivity index is 2.05. The summed E-state index contributed by atoms with van der Waals surface area (Å²) in [6.07, 6.45) is 0. The zero-order valence-electron chi connectivity index (χ0n) is 13.2. The predicted octanol–water partition coefficient (Wildman–Crippen LogP) is 3.90. The number of rotatable bonds is 7. The third-order valence-corrected chi connectivity index (χ3v) is 4.00. The van der Waals surface area contributed by atoms with Gasteiger partial charge in [0, 0.05) is 16.6 Å². The summed E-state index contributed by atoms with van der Waals surface area (Å²) in [5.41, 5.74) is 3.22. The van der Waals surface area contributed by atoms with Crippen LogP contribution in [-0.4, -0.2) is 17.1 Å². The Morgan fingerprint density at radius 2 is 1.96 bits per heavy atom. The van der Waals surface area contributed by atoms with Crippen LogP contribution >= 0.6 is 15.9 Å². The van der Waals surface area contributed by atoms with Crippen LogP contribution in [-0.2, 0) is 17.9 Å². The van der Waals surface area contributed by atoms with E-state index in [0.717, 1.165) is 21.3 Å². The van der Waals surface area contributed by atoms with Crippen LogP contribution in [0.15, 0.2) is 46.9 Å². The molecule has 0 saturated carbocycles. The summed E-state index contributed by atoms with van der Waals surface area (Å²) in [5, 5.41) is 11.9. The summed E-state index contributed by atoms with van der Waals surface area (Å²) in [5.74, 6) is -0.124. The summed E-state index contributed by atoms with van der Waals surface area (Å²) >= 11 is 3.44. The van der Waals surface area contributed by atoms with Crippen molar-refractivity contribution in [3.05, 3.63) is 63.6 Å². The molecule has 2 aromatic rings. The molecule has 122 valence electrons. The second kappa shape index (κ2) is 8.13. The van der Waals surface area contributed by atoms with Crippen molar-refractivity contribution in [3.8, 4) is 5.75 Å². The number of halogens is 1. The van der Waals surface area contributed by atoms with Crippen molar-refractivity contribution in [2.75, 3.05) is 0 Å². The lowest BCUT2D eigenvalue weighted by Gasteiger charge is -2.14. The number of benzene rings is 2. The molecular weight excluding hydrogens is 358 g/mol. The van der Waals surface area contributed by atoms with Gasteiger partial charge in [-0.25, -0.2) is 0 Å². The number of ether oxygens (including phenoxy) is 1. The van der Waals surface area contributed by atoms with E-state index < -0.39 is 12.0 Å². The summed E-state index contributed by atoms with van der Waals surface area (Å²) in [6.45, 7) is 4.57. The van der Waals surface area contributed by atoms with E-state index in [1.165, 1.54) is 5.56 Å². The number of hydrogen-bond acceptors (Lipinski definition) is 3. The zero-order valence-corrected chi connectivity index (χ0v) is 14.8. The van der Waals surface area contributed by atoms with Crippen LogP contribution in [0.3, 0.4) is 0 Å². The first kappa shape index (κ1) is 17.5. The van der Waals surface area contributed by atoms with E-state index in [1.54, 1.807) is 6.92 Å². The number of aliphatic carboxylic acids is 1. The molecule has 0 radical (unpaired) electrons. The van der Waals surface area contributed by atoms with E-state index in [-0.39, 0.29) is 0 Å². The molecule has 0 heterocycles. The fraction of sp³-hybridized carbons (Fsp3) is 0.278. The smallest absolute Gasteiger partial charge is 0.320 e. The van der Waals surface area contributed by atoms with Gasteiger partial charge in [-0.05, 0) is 37.6 Å². The lowest BCUT2D eigenvalue weighted by molar-refractivity contribution is -0.139. The molecule has 0 bridgehead atoms. The van der Waals surface area contributed by atoms with Crippen LogP contribution in [0.5, 0.6) is 5.75 Å². The van der Waals surface area contributed by atoms with Crippen LogP contribution in [0, 0.1) is 6.92 Å². The molecule has 2 rings (SSSR count). The molecule has 0 aliphatic carbocycles. The lowest BCUT2D eigenvalue weighted by atomic mass is 10.1. The van der Waals surface area contributed by atoms with Crippen molar-refractivity contribution in [2.24, 2.45) is 0 Å². The number of aryl methyl sites for hydroxylation is 1. The van der Waals surface area contributed by atoms with Crippen LogP contribution in [0.4, 0.5) is 0 Å². The molecule has 4 nitrogen and oxygen atoms in total. The van der Waals surface area contributed by atoms with Gasteiger partial charge in [0.25, 0.3) is 0 Å². The number of nitrogens with one attached hydrogen (secondary N) is 1. The quantitative estimate of drug-likeness (QED) is 0.767. The minimum absolute atomic E-state index is 0.427. The molecular formula is C18H20BrNO3. The van der Waals surface area contributed by atoms with Crippen molar-refractivity contribution in [1.29, 1.82) is 0 Å². The maximum atomic E-state index is 10.9. The highest BCUT2D eigenvalue weighted by atomic mass is 79.9. The third kappa shape index (κ3) is 5.37. The molecule has 0 aliphatic heterocycles. The Morgan fingerprint density at radius 3 is 2.61 bits per heavy atom. The van der Waals surface area contributed by atoms with E-state index >= 15 is 0 Å². The molecule has 5 heteroatoms. The summed E-state index contributed by atoms with van der Waals surface area (Å²) in [6, 6.07) is 13.3. The Labute approximate surface area is 144 Å². The topological polar surface area (TPSA) is 58.6 Å². The van der Waals surface area contributed by atoms with Crippen LogP contribution in [0.25, 0.3) is 0 Å². The second-order valence-electron chi connectivity index (χ2n) is 5.47. The zero-order chi connectivity index (χ0) is 16.8. The fourth-order valence-corrected chi connectivity index (χ4v) is 2.43. The molecule has 2 aromatic carbocycles. The Bertz CT molecular complexity index is 670. The molecule has 23 heavy (non-hydrogen) atoms. The van der Waals surface area contributed by atoms with E-state index in [4.69, 9.17) is 9.84 Å². The SMILES string of the molecule is Cc1ccc(COc2ccc(Br)cc2CNC(C)C(=O)O)cc1. The molecule has 1 atom stereocenters. The van der Waals surface area contributed by atoms with Gasteiger partial charge in [-0.1, -0.05) is 45.8 Å². The van der Waals surface area contributed by atoms with Gasteiger partial charge in [0.05, 0.1) is 0 Å². The second-order valence-corrected chi connectivity index (χ2v) is 6.38. The summed E-state index contributed by atoms with van der Waals surface area (Å²) < 4.78 is 6.83. The van der Waals surface area contributed by atoms with Crippen molar-refractivity contribution < 1.29 is 14.6 Å². The van der Waals surface area contributed by atoms with Gasteiger partial charge in [-0.2, -0.15) is 0 Å². The van der Waals surface area contributed by atoms with Crippen LogP contribution < -0.4 is 10.1 Å². The first-order chi connectivity index (χ1) is 11.0. The predicted molar refractivity (Wildman–Crippen MR) is 93.6 cm³/mol. The largest absolute Gasteiger partial charge is 0.489 e. The number of carboxylic acids is 1. The minimum Gasteiger partial charge on any atom is -0.489 e. The molecule has 2 N–H and O–H groups in total. The standard InChI is InChI=1S/C18H20BrNO3/c1-12-3-5-14(6-4-12)11-23-17-8-7-16(19)9-15(17)10-20-13(2)18(21)22/h3-9,13,20H,10-11H2,1-2H3,(H,21,22). The molecule has 0 aliphatic rings.